The molecule has 2 rings (SSSR count). The Hall–Kier alpha value is -0.570. The summed E-state index contributed by atoms with van der Waals surface area (Å²) in [4.78, 5) is 8.98. The van der Waals surface area contributed by atoms with E-state index in [2.05, 4.69) is 23.8 Å². The summed E-state index contributed by atoms with van der Waals surface area (Å²) in [6.45, 7) is 10.4. The quantitative estimate of drug-likeness (QED) is 0.727. The van der Waals surface area contributed by atoms with E-state index < -0.39 is 0 Å². The van der Waals surface area contributed by atoms with Crippen LogP contribution in [-0.2, 0) is 11.5 Å². The Bertz CT molecular complexity index is 335. The van der Waals surface area contributed by atoms with Gasteiger partial charge in [0.25, 0.3) is 0 Å². The van der Waals surface area contributed by atoms with Crippen LogP contribution in [0.2, 0.25) is 0 Å². The Labute approximate surface area is 96.9 Å². The SMILES string of the molecule is CC.Cc1nc2c(c(C(C)C)n1)CSC2. The lowest BCUT2D eigenvalue weighted by Crippen LogP contribution is -2.04. The van der Waals surface area contributed by atoms with Gasteiger partial charge in [-0.1, -0.05) is 27.7 Å². The molecule has 0 fully saturated rings. The van der Waals surface area contributed by atoms with E-state index in [1.54, 1.807) is 0 Å². The van der Waals surface area contributed by atoms with Crippen molar-refractivity contribution in [2.75, 3.05) is 0 Å². The van der Waals surface area contributed by atoms with Crippen LogP contribution >= 0.6 is 11.8 Å². The molecular formula is C12H20N2S. The van der Waals surface area contributed by atoms with Gasteiger partial charge in [0.15, 0.2) is 0 Å². The molecule has 0 saturated heterocycles. The average molecular weight is 224 g/mol. The number of aromatic nitrogens is 2. The highest BCUT2D eigenvalue weighted by Gasteiger charge is 2.19. The van der Waals surface area contributed by atoms with Gasteiger partial charge in [-0.25, -0.2) is 9.97 Å². The van der Waals surface area contributed by atoms with E-state index >= 15 is 0 Å². The molecule has 1 aromatic rings. The van der Waals surface area contributed by atoms with Crippen LogP contribution in [0, 0.1) is 6.92 Å². The maximum absolute atomic E-state index is 4.52. The zero-order chi connectivity index (χ0) is 11.4. The first-order chi connectivity index (χ1) is 7.18. The average Bonchev–Trinajstić information content (AvgIpc) is 2.67. The molecule has 0 atom stereocenters. The summed E-state index contributed by atoms with van der Waals surface area (Å²) in [6.07, 6.45) is 0. The third kappa shape index (κ3) is 2.71. The predicted octanol–water partition coefficient (Wildman–Crippen LogP) is 3.68. The van der Waals surface area contributed by atoms with E-state index in [0.29, 0.717) is 5.92 Å². The van der Waals surface area contributed by atoms with Crippen molar-refractivity contribution in [2.24, 2.45) is 0 Å². The minimum Gasteiger partial charge on any atom is -0.238 e. The summed E-state index contributed by atoms with van der Waals surface area (Å²) >= 11 is 1.94. The molecule has 0 unspecified atom stereocenters. The van der Waals surface area contributed by atoms with Crippen molar-refractivity contribution in [2.45, 2.75) is 52.0 Å². The molecule has 2 heterocycles. The van der Waals surface area contributed by atoms with Crippen LogP contribution in [0.25, 0.3) is 0 Å². The van der Waals surface area contributed by atoms with E-state index in [4.69, 9.17) is 0 Å². The summed E-state index contributed by atoms with van der Waals surface area (Å²) in [5, 5.41) is 0. The number of hydrogen-bond donors (Lipinski definition) is 0. The fourth-order valence-electron chi connectivity index (χ4n) is 1.68. The van der Waals surface area contributed by atoms with Crippen molar-refractivity contribution in [3.63, 3.8) is 0 Å². The normalized spacial score (nSPS) is 13.5. The summed E-state index contributed by atoms with van der Waals surface area (Å²) in [6, 6.07) is 0. The van der Waals surface area contributed by atoms with Crippen LogP contribution in [0.15, 0.2) is 0 Å². The third-order valence-corrected chi connectivity index (χ3v) is 3.24. The van der Waals surface area contributed by atoms with E-state index in [9.17, 15) is 0 Å². The minimum atomic E-state index is 0.522. The summed E-state index contributed by atoms with van der Waals surface area (Å²) in [5.41, 5.74) is 3.92. The van der Waals surface area contributed by atoms with Crippen molar-refractivity contribution in [1.82, 2.24) is 9.97 Å². The van der Waals surface area contributed by atoms with Crippen molar-refractivity contribution in [3.05, 3.63) is 22.8 Å². The first kappa shape index (κ1) is 12.5. The number of fused-ring (bicyclic) bond motifs is 1. The Morgan fingerprint density at radius 3 is 2.40 bits per heavy atom. The summed E-state index contributed by atoms with van der Waals surface area (Å²) in [7, 11) is 0. The molecule has 0 bridgehead atoms. The highest BCUT2D eigenvalue weighted by Crippen LogP contribution is 2.32. The van der Waals surface area contributed by atoms with E-state index in [1.165, 1.54) is 17.0 Å². The zero-order valence-corrected chi connectivity index (χ0v) is 11.1. The van der Waals surface area contributed by atoms with Crippen molar-refractivity contribution >= 4 is 11.8 Å². The fourth-order valence-corrected chi connectivity index (χ4v) is 2.73. The summed E-state index contributed by atoms with van der Waals surface area (Å²) < 4.78 is 0. The second-order valence-corrected chi connectivity index (χ2v) is 4.71. The number of hydrogen-bond acceptors (Lipinski definition) is 3. The molecule has 1 aliphatic rings. The van der Waals surface area contributed by atoms with Crippen LogP contribution in [0.3, 0.4) is 0 Å². The molecule has 0 saturated carbocycles. The van der Waals surface area contributed by atoms with Crippen LogP contribution in [0.5, 0.6) is 0 Å². The van der Waals surface area contributed by atoms with Gasteiger partial charge >= 0.3 is 0 Å². The maximum atomic E-state index is 4.52. The van der Waals surface area contributed by atoms with Crippen LogP contribution in [-0.4, -0.2) is 9.97 Å². The lowest BCUT2D eigenvalue weighted by Gasteiger charge is -2.10. The number of aryl methyl sites for hydroxylation is 1. The molecule has 1 aliphatic heterocycles. The highest BCUT2D eigenvalue weighted by atomic mass is 32.2. The Morgan fingerprint density at radius 1 is 1.13 bits per heavy atom. The first-order valence-electron chi connectivity index (χ1n) is 5.62. The second-order valence-electron chi connectivity index (χ2n) is 3.73. The van der Waals surface area contributed by atoms with Crippen molar-refractivity contribution in [3.8, 4) is 0 Å². The van der Waals surface area contributed by atoms with Gasteiger partial charge in [0, 0.05) is 17.1 Å². The standard InChI is InChI=1S/C10H14N2S.C2H6/c1-6(2)10-8-4-13-5-9(8)11-7(3)12-10;1-2/h6H,4-5H2,1-3H3;1-2H3. The second kappa shape index (κ2) is 5.50. The lowest BCUT2D eigenvalue weighted by atomic mass is 10.0. The molecule has 0 spiro atoms. The molecule has 0 radical (unpaired) electrons. The Kier molecular flexibility index (Phi) is 4.58. The molecule has 2 nitrogen and oxygen atoms in total. The van der Waals surface area contributed by atoms with Crippen LogP contribution in [0.1, 0.15) is 56.4 Å². The topological polar surface area (TPSA) is 25.8 Å². The monoisotopic (exact) mass is 224 g/mol. The minimum absolute atomic E-state index is 0.522. The molecular weight excluding hydrogens is 204 g/mol. The van der Waals surface area contributed by atoms with Gasteiger partial charge in [-0.2, -0.15) is 11.8 Å². The Morgan fingerprint density at radius 2 is 1.80 bits per heavy atom. The van der Waals surface area contributed by atoms with E-state index in [1.807, 2.05) is 32.5 Å². The maximum Gasteiger partial charge on any atom is 0.125 e. The molecule has 0 aliphatic carbocycles. The van der Waals surface area contributed by atoms with E-state index in [0.717, 1.165) is 17.3 Å². The largest absolute Gasteiger partial charge is 0.238 e. The molecule has 15 heavy (non-hydrogen) atoms. The predicted molar refractivity (Wildman–Crippen MR) is 67.2 cm³/mol. The van der Waals surface area contributed by atoms with Crippen molar-refractivity contribution < 1.29 is 0 Å². The van der Waals surface area contributed by atoms with Gasteiger partial charge in [0.1, 0.15) is 5.82 Å². The van der Waals surface area contributed by atoms with Gasteiger partial charge in [0.05, 0.1) is 11.4 Å². The fraction of sp³-hybridized carbons (Fsp3) is 0.667. The smallest absolute Gasteiger partial charge is 0.125 e. The molecule has 84 valence electrons. The van der Waals surface area contributed by atoms with Gasteiger partial charge < -0.3 is 0 Å². The third-order valence-electron chi connectivity index (χ3n) is 2.27. The van der Waals surface area contributed by atoms with Crippen LogP contribution in [0.4, 0.5) is 0 Å². The van der Waals surface area contributed by atoms with Crippen molar-refractivity contribution in [1.29, 1.82) is 0 Å². The molecule has 3 heteroatoms. The molecule has 0 N–H and O–H groups in total. The summed E-state index contributed by atoms with van der Waals surface area (Å²) in [5.74, 6) is 3.61. The van der Waals surface area contributed by atoms with Gasteiger partial charge in [-0.05, 0) is 12.8 Å². The number of nitrogens with zero attached hydrogens (tertiary/aromatic N) is 2. The highest BCUT2D eigenvalue weighted by molar-refractivity contribution is 7.98. The first-order valence-corrected chi connectivity index (χ1v) is 6.78. The van der Waals surface area contributed by atoms with Crippen LogP contribution < -0.4 is 0 Å². The Balaban J connectivity index is 0.000000531. The molecule has 0 amide bonds. The van der Waals surface area contributed by atoms with Gasteiger partial charge in [-0.15, -0.1) is 0 Å². The number of rotatable bonds is 1. The molecule has 0 aromatic carbocycles. The van der Waals surface area contributed by atoms with Gasteiger partial charge in [-0.3, -0.25) is 0 Å². The zero-order valence-electron chi connectivity index (χ0n) is 10.3. The van der Waals surface area contributed by atoms with Gasteiger partial charge in [0.2, 0.25) is 0 Å². The van der Waals surface area contributed by atoms with E-state index in [-0.39, 0.29) is 0 Å². The molecule has 1 aromatic heterocycles. The number of thioether (sulfide) groups is 1. The lowest BCUT2D eigenvalue weighted by molar-refractivity contribution is 0.781.